The highest BCUT2D eigenvalue weighted by molar-refractivity contribution is 5.82. The number of nitrogens with two attached hydrogens (primary N) is 1. The fraction of sp³-hybridized carbons (Fsp3) is 0.917. The maximum atomic E-state index is 12.2. The monoisotopic (exact) mass is 210 g/mol. The van der Waals surface area contributed by atoms with Crippen molar-refractivity contribution in [1.82, 2.24) is 4.90 Å². The Balaban J connectivity index is 1.95. The lowest BCUT2D eigenvalue weighted by Gasteiger charge is -2.38. The first kappa shape index (κ1) is 10.9. The molecule has 3 nitrogen and oxygen atoms in total. The Labute approximate surface area is 92.0 Å². The zero-order chi connectivity index (χ0) is 11.1. The molecule has 2 rings (SSSR count). The minimum Gasteiger partial charge on any atom is -0.338 e. The van der Waals surface area contributed by atoms with E-state index in [2.05, 4.69) is 13.8 Å². The molecular formula is C12H22N2O. The number of rotatable bonds is 4. The molecule has 2 saturated carbocycles. The second kappa shape index (κ2) is 3.78. The van der Waals surface area contributed by atoms with Crippen LogP contribution >= 0.6 is 0 Å². The fourth-order valence-corrected chi connectivity index (χ4v) is 2.40. The summed E-state index contributed by atoms with van der Waals surface area (Å²) in [6.45, 7) is 5.69. The molecule has 0 spiro atoms. The molecule has 2 aliphatic carbocycles. The summed E-state index contributed by atoms with van der Waals surface area (Å²) in [5, 5.41) is 0. The average Bonchev–Trinajstić information content (AvgIpc) is 2.70. The van der Waals surface area contributed by atoms with E-state index in [0.717, 1.165) is 13.0 Å². The highest BCUT2D eigenvalue weighted by Gasteiger charge is 2.52. The molecule has 0 saturated heterocycles. The number of amides is 1. The van der Waals surface area contributed by atoms with Crippen molar-refractivity contribution in [1.29, 1.82) is 0 Å². The topological polar surface area (TPSA) is 46.3 Å². The Hall–Kier alpha value is -0.570. The summed E-state index contributed by atoms with van der Waals surface area (Å²) in [6, 6.07) is 0.498. The van der Waals surface area contributed by atoms with Crippen molar-refractivity contribution in [2.45, 2.75) is 45.6 Å². The molecule has 86 valence electrons. The van der Waals surface area contributed by atoms with Gasteiger partial charge in [-0.15, -0.1) is 0 Å². The van der Waals surface area contributed by atoms with Gasteiger partial charge in [0, 0.05) is 25.0 Å². The van der Waals surface area contributed by atoms with Gasteiger partial charge in [-0.25, -0.2) is 0 Å². The number of carbonyl (C=O) groups excluding carboxylic acids is 1. The molecule has 2 N–H and O–H groups in total. The third kappa shape index (κ3) is 2.03. The SMILES string of the molecule is CC1(C)CC1C(=O)N(CCN)C1CCC1. The predicted molar refractivity (Wildman–Crippen MR) is 60.3 cm³/mol. The van der Waals surface area contributed by atoms with Crippen molar-refractivity contribution in [2.24, 2.45) is 17.1 Å². The van der Waals surface area contributed by atoms with Crippen molar-refractivity contribution < 1.29 is 4.79 Å². The van der Waals surface area contributed by atoms with E-state index in [9.17, 15) is 4.79 Å². The number of nitrogens with zero attached hydrogens (tertiary/aromatic N) is 1. The molecule has 3 heteroatoms. The fourth-order valence-electron chi connectivity index (χ4n) is 2.40. The maximum absolute atomic E-state index is 12.2. The van der Waals surface area contributed by atoms with E-state index in [1.54, 1.807) is 0 Å². The molecule has 0 bridgehead atoms. The summed E-state index contributed by atoms with van der Waals surface area (Å²) < 4.78 is 0. The zero-order valence-corrected chi connectivity index (χ0v) is 9.83. The van der Waals surface area contributed by atoms with Gasteiger partial charge in [-0.05, 0) is 31.1 Å². The van der Waals surface area contributed by atoms with Crippen LogP contribution in [0.15, 0.2) is 0 Å². The van der Waals surface area contributed by atoms with Crippen molar-refractivity contribution in [3.8, 4) is 0 Å². The summed E-state index contributed by atoms with van der Waals surface area (Å²) >= 11 is 0. The lowest BCUT2D eigenvalue weighted by atomic mass is 9.91. The third-order valence-corrected chi connectivity index (χ3v) is 3.98. The minimum atomic E-state index is 0.244. The van der Waals surface area contributed by atoms with E-state index in [-0.39, 0.29) is 11.3 Å². The van der Waals surface area contributed by atoms with E-state index in [1.807, 2.05) is 4.90 Å². The summed E-state index contributed by atoms with van der Waals surface area (Å²) in [5.41, 5.74) is 5.82. The zero-order valence-electron chi connectivity index (χ0n) is 9.83. The molecule has 0 heterocycles. The smallest absolute Gasteiger partial charge is 0.226 e. The second-order valence-corrected chi connectivity index (χ2v) is 5.65. The van der Waals surface area contributed by atoms with Gasteiger partial charge in [0.15, 0.2) is 0 Å². The molecule has 0 aromatic rings. The van der Waals surface area contributed by atoms with E-state index in [4.69, 9.17) is 5.73 Å². The molecule has 1 unspecified atom stereocenters. The van der Waals surface area contributed by atoms with Crippen molar-refractivity contribution in [2.75, 3.05) is 13.1 Å². The van der Waals surface area contributed by atoms with Gasteiger partial charge in [-0.2, -0.15) is 0 Å². The van der Waals surface area contributed by atoms with Gasteiger partial charge < -0.3 is 10.6 Å². The van der Waals surface area contributed by atoms with Crippen LogP contribution < -0.4 is 5.73 Å². The van der Waals surface area contributed by atoms with Gasteiger partial charge in [0.25, 0.3) is 0 Å². The third-order valence-electron chi connectivity index (χ3n) is 3.98. The molecule has 0 aliphatic heterocycles. The molecule has 15 heavy (non-hydrogen) atoms. The Morgan fingerprint density at radius 1 is 1.47 bits per heavy atom. The molecule has 2 fully saturated rings. The molecule has 0 aromatic heterocycles. The highest BCUT2D eigenvalue weighted by Crippen LogP contribution is 2.52. The van der Waals surface area contributed by atoms with Gasteiger partial charge in [0.2, 0.25) is 5.91 Å². The van der Waals surface area contributed by atoms with E-state index in [0.29, 0.717) is 18.5 Å². The summed E-state index contributed by atoms with van der Waals surface area (Å²) in [4.78, 5) is 14.3. The molecule has 2 aliphatic rings. The van der Waals surface area contributed by atoms with Crippen LogP contribution in [0.25, 0.3) is 0 Å². The summed E-state index contributed by atoms with van der Waals surface area (Å²) in [6.07, 6.45) is 4.68. The summed E-state index contributed by atoms with van der Waals surface area (Å²) in [5.74, 6) is 0.625. The van der Waals surface area contributed by atoms with Gasteiger partial charge in [-0.3, -0.25) is 4.79 Å². The Bertz CT molecular complexity index is 258. The van der Waals surface area contributed by atoms with Crippen LogP contribution in [0.1, 0.15) is 39.5 Å². The van der Waals surface area contributed by atoms with Crippen LogP contribution in [0.3, 0.4) is 0 Å². The van der Waals surface area contributed by atoms with Gasteiger partial charge in [0.1, 0.15) is 0 Å². The van der Waals surface area contributed by atoms with Crippen molar-refractivity contribution >= 4 is 5.91 Å². The molecular weight excluding hydrogens is 188 g/mol. The van der Waals surface area contributed by atoms with Crippen LogP contribution in [0, 0.1) is 11.3 Å². The first-order valence-electron chi connectivity index (χ1n) is 6.07. The molecule has 0 radical (unpaired) electrons. The van der Waals surface area contributed by atoms with E-state index < -0.39 is 0 Å². The standard InChI is InChI=1S/C12H22N2O/c1-12(2)8-10(12)11(15)14(7-6-13)9-4-3-5-9/h9-10H,3-8,13H2,1-2H3. The highest BCUT2D eigenvalue weighted by atomic mass is 16.2. The largest absolute Gasteiger partial charge is 0.338 e. The second-order valence-electron chi connectivity index (χ2n) is 5.65. The van der Waals surface area contributed by atoms with Crippen LogP contribution in [-0.4, -0.2) is 29.9 Å². The van der Waals surface area contributed by atoms with Crippen molar-refractivity contribution in [3.05, 3.63) is 0 Å². The average molecular weight is 210 g/mol. The predicted octanol–water partition coefficient (Wildman–Crippen LogP) is 1.37. The van der Waals surface area contributed by atoms with E-state index in [1.165, 1.54) is 19.3 Å². The lowest BCUT2D eigenvalue weighted by Crippen LogP contribution is -2.47. The molecule has 0 aromatic carbocycles. The number of hydrogen-bond acceptors (Lipinski definition) is 2. The molecule has 1 amide bonds. The Morgan fingerprint density at radius 2 is 2.07 bits per heavy atom. The van der Waals surface area contributed by atoms with Gasteiger partial charge >= 0.3 is 0 Å². The van der Waals surface area contributed by atoms with Gasteiger partial charge in [-0.1, -0.05) is 13.8 Å². The molecule has 1 atom stereocenters. The van der Waals surface area contributed by atoms with Gasteiger partial charge in [0.05, 0.1) is 0 Å². The minimum absolute atomic E-state index is 0.244. The van der Waals surface area contributed by atoms with E-state index >= 15 is 0 Å². The Morgan fingerprint density at radius 3 is 2.40 bits per heavy atom. The van der Waals surface area contributed by atoms with Crippen molar-refractivity contribution in [3.63, 3.8) is 0 Å². The van der Waals surface area contributed by atoms with Crippen LogP contribution in [0.2, 0.25) is 0 Å². The van der Waals surface area contributed by atoms with Crippen LogP contribution in [0.4, 0.5) is 0 Å². The van der Waals surface area contributed by atoms with Crippen LogP contribution in [0.5, 0.6) is 0 Å². The number of carbonyl (C=O) groups is 1. The lowest BCUT2D eigenvalue weighted by molar-refractivity contribution is -0.137. The quantitative estimate of drug-likeness (QED) is 0.762. The summed E-state index contributed by atoms with van der Waals surface area (Å²) in [7, 11) is 0. The number of hydrogen-bond donors (Lipinski definition) is 1. The first-order valence-corrected chi connectivity index (χ1v) is 6.07. The normalized spacial score (nSPS) is 28.3. The maximum Gasteiger partial charge on any atom is 0.226 e. The Kier molecular flexibility index (Phi) is 2.75. The van der Waals surface area contributed by atoms with Crippen LogP contribution in [-0.2, 0) is 4.79 Å². The first-order chi connectivity index (χ1) is 7.06.